The molecule has 0 bridgehead atoms. The van der Waals surface area contributed by atoms with Gasteiger partial charge in [-0.05, 0) is 36.4 Å². The van der Waals surface area contributed by atoms with Crippen molar-refractivity contribution >= 4 is 5.78 Å². The molecular formula is C19H15NO3. The Morgan fingerprint density at radius 2 is 1.61 bits per heavy atom. The van der Waals surface area contributed by atoms with Gasteiger partial charge in [-0.3, -0.25) is 9.78 Å². The highest BCUT2D eigenvalue weighted by Crippen LogP contribution is 2.28. The monoisotopic (exact) mass is 305 g/mol. The molecule has 0 fully saturated rings. The van der Waals surface area contributed by atoms with Gasteiger partial charge in [-0.1, -0.05) is 24.3 Å². The van der Waals surface area contributed by atoms with Gasteiger partial charge in [0.1, 0.15) is 22.9 Å². The molecule has 0 amide bonds. The van der Waals surface area contributed by atoms with Crippen LogP contribution in [0.25, 0.3) is 0 Å². The highest BCUT2D eigenvalue weighted by molar-refractivity contribution is 6.08. The van der Waals surface area contributed by atoms with Crippen LogP contribution in [0.1, 0.15) is 16.1 Å². The lowest BCUT2D eigenvalue weighted by molar-refractivity contribution is 0.103. The van der Waals surface area contributed by atoms with Gasteiger partial charge in [0.2, 0.25) is 5.78 Å². The van der Waals surface area contributed by atoms with Gasteiger partial charge in [-0.25, -0.2) is 0 Å². The van der Waals surface area contributed by atoms with Crippen LogP contribution in [0.2, 0.25) is 0 Å². The number of carbonyl (C=O) groups excluding carboxylic acids is 1. The standard InChI is InChI=1S/C19H15NO3/c1-22-16-11-14(19(21)18-9-5-6-10-20-18)12-17(13-16)23-15-7-3-2-4-8-15/h2-13H,1H3. The molecule has 3 aromatic rings. The molecule has 0 saturated carbocycles. The van der Waals surface area contributed by atoms with Crippen molar-refractivity contribution < 1.29 is 14.3 Å². The normalized spacial score (nSPS) is 10.1. The van der Waals surface area contributed by atoms with Crippen LogP contribution in [-0.4, -0.2) is 17.9 Å². The largest absolute Gasteiger partial charge is 0.497 e. The molecule has 0 unspecified atom stereocenters. The first-order chi connectivity index (χ1) is 11.3. The number of methoxy groups -OCH3 is 1. The number of hydrogen-bond donors (Lipinski definition) is 0. The summed E-state index contributed by atoms with van der Waals surface area (Å²) in [5.74, 6) is 1.60. The predicted molar refractivity (Wildman–Crippen MR) is 87.2 cm³/mol. The third-order valence-corrected chi connectivity index (χ3v) is 3.25. The summed E-state index contributed by atoms with van der Waals surface area (Å²) in [5, 5.41) is 0. The quantitative estimate of drug-likeness (QED) is 0.665. The average Bonchev–Trinajstić information content (AvgIpc) is 2.62. The van der Waals surface area contributed by atoms with E-state index in [-0.39, 0.29) is 5.78 Å². The van der Waals surface area contributed by atoms with Crippen molar-refractivity contribution in [3.63, 3.8) is 0 Å². The highest BCUT2D eigenvalue weighted by Gasteiger charge is 2.13. The Morgan fingerprint density at radius 1 is 0.870 bits per heavy atom. The van der Waals surface area contributed by atoms with Gasteiger partial charge >= 0.3 is 0 Å². The van der Waals surface area contributed by atoms with E-state index in [2.05, 4.69) is 4.98 Å². The van der Waals surface area contributed by atoms with Gasteiger partial charge in [-0.2, -0.15) is 0 Å². The summed E-state index contributed by atoms with van der Waals surface area (Å²) in [6.45, 7) is 0. The molecule has 2 aromatic carbocycles. The number of para-hydroxylation sites is 1. The van der Waals surface area contributed by atoms with Crippen LogP contribution in [0.5, 0.6) is 17.2 Å². The molecule has 0 N–H and O–H groups in total. The number of ether oxygens (including phenoxy) is 2. The van der Waals surface area contributed by atoms with E-state index in [1.54, 1.807) is 49.7 Å². The lowest BCUT2D eigenvalue weighted by atomic mass is 10.1. The van der Waals surface area contributed by atoms with Gasteiger partial charge in [0.15, 0.2) is 0 Å². The van der Waals surface area contributed by atoms with E-state index in [1.807, 2.05) is 30.3 Å². The number of hydrogen-bond acceptors (Lipinski definition) is 4. The van der Waals surface area contributed by atoms with Crippen molar-refractivity contribution in [2.75, 3.05) is 7.11 Å². The van der Waals surface area contributed by atoms with Gasteiger partial charge < -0.3 is 9.47 Å². The lowest BCUT2D eigenvalue weighted by Crippen LogP contribution is -2.04. The van der Waals surface area contributed by atoms with Crippen molar-refractivity contribution in [1.29, 1.82) is 0 Å². The molecule has 0 spiro atoms. The van der Waals surface area contributed by atoms with E-state index < -0.39 is 0 Å². The smallest absolute Gasteiger partial charge is 0.211 e. The van der Waals surface area contributed by atoms with Crippen molar-refractivity contribution in [3.05, 3.63) is 84.2 Å². The first-order valence-electron chi connectivity index (χ1n) is 7.14. The molecule has 0 aliphatic rings. The molecule has 4 heteroatoms. The summed E-state index contributed by atoms with van der Waals surface area (Å²) in [5.41, 5.74) is 0.848. The van der Waals surface area contributed by atoms with Gasteiger partial charge in [0.05, 0.1) is 7.11 Å². The molecule has 1 heterocycles. The fourth-order valence-electron chi connectivity index (χ4n) is 2.15. The minimum absolute atomic E-state index is 0.178. The Bertz CT molecular complexity index is 801. The third-order valence-electron chi connectivity index (χ3n) is 3.25. The maximum absolute atomic E-state index is 12.5. The van der Waals surface area contributed by atoms with Gasteiger partial charge in [-0.15, -0.1) is 0 Å². The van der Waals surface area contributed by atoms with Crippen molar-refractivity contribution in [2.45, 2.75) is 0 Å². The zero-order valence-corrected chi connectivity index (χ0v) is 12.6. The van der Waals surface area contributed by atoms with Crippen LogP contribution in [0, 0.1) is 0 Å². The summed E-state index contributed by atoms with van der Waals surface area (Å²) < 4.78 is 11.1. The molecule has 1 aromatic heterocycles. The molecule has 0 aliphatic carbocycles. The fraction of sp³-hybridized carbons (Fsp3) is 0.0526. The number of pyridine rings is 1. The second kappa shape index (κ2) is 6.75. The number of rotatable bonds is 5. The Morgan fingerprint density at radius 3 is 2.30 bits per heavy atom. The van der Waals surface area contributed by atoms with E-state index in [4.69, 9.17) is 9.47 Å². The van der Waals surface area contributed by atoms with E-state index in [1.165, 1.54) is 0 Å². The predicted octanol–water partition coefficient (Wildman–Crippen LogP) is 4.11. The minimum atomic E-state index is -0.178. The van der Waals surface area contributed by atoms with E-state index >= 15 is 0 Å². The second-order valence-corrected chi connectivity index (χ2v) is 4.86. The Balaban J connectivity index is 1.95. The number of carbonyl (C=O) groups is 1. The van der Waals surface area contributed by atoms with Crippen LogP contribution < -0.4 is 9.47 Å². The van der Waals surface area contributed by atoms with Crippen molar-refractivity contribution in [1.82, 2.24) is 4.98 Å². The summed E-state index contributed by atoms with van der Waals surface area (Å²) in [6, 6.07) is 19.7. The molecule has 0 saturated heterocycles. The zero-order valence-electron chi connectivity index (χ0n) is 12.6. The number of aromatic nitrogens is 1. The minimum Gasteiger partial charge on any atom is -0.497 e. The van der Waals surface area contributed by atoms with Crippen molar-refractivity contribution in [2.24, 2.45) is 0 Å². The Hall–Kier alpha value is -3.14. The fourth-order valence-corrected chi connectivity index (χ4v) is 2.15. The molecular weight excluding hydrogens is 290 g/mol. The van der Waals surface area contributed by atoms with Crippen LogP contribution >= 0.6 is 0 Å². The molecule has 4 nitrogen and oxygen atoms in total. The van der Waals surface area contributed by atoms with Crippen LogP contribution in [-0.2, 0) is 0 Å². The van der Waals surface area contributed by atoms with E-state index in [9.17, 15) is 4.79 Å². The van der Waals surface area contributed by atoms with Crippen LogP contribution in [0.15, 0.2) is 72.9 Å². The number of ketones is 1. The summed E-state index contributed by atoms with van der Waals surface area (Å²) in [7, 11) is 1.55. The third kappa shape index (κ3) is 3.55. The molecule has 0 radical (unpaired) electrons. The second-order valence-electron chi connectivity index (χ2n) is 4.86. The summed E-state index contributed by atoms with van der Waals surface area (Å²) in [4.78, 5) is 16.6. The maximum Gasteiger partial charge on any atom is 0.211 e. The first-order valence-corrected chi connectivity index (χ1v) is 7.14. The van der Waals surface area contributed by atoms with Gasteiger partial charge in [0, 0.05) is 17.8 Å². The molecule has 114 valence electrons. The topological polar surface area (TPSA) is 48.4 Å². The Kier molecular flexibility index (Phi) is 4.34. The molecule has 0 aliphatic heterocycles. The average molecular weight is 305 g/mol. The highest BCUT2D eigenvalue weighted by atomic mass is 16.5. The van der Waals surface area contributed by atoms with Crippen molar-refractivity contribution in [3.8, 4) is 17.2 Å². The number of nitrogens with zero attached hydrogens (tertiary/aromatic N) is 1. The SMILES string of the molecule is COc1cc(Oc2ccccc2)cc(C(=O)c2ccccn2)c1. The summed E-state index contributed by atoms with van der Waals surface area (Å²) >= 11 is 0. The number of benzene rings is 2. The molecule has 0 atom stereocenters. The van der Waals surface area contributed by atoms with Crippen LogP contribution in [0.4, 0.5) is 0 Å². The summed E-state index contributed by atoms with van der Waals surface area (Å²) in [6.07, 6.45) is 1.59. The maximum atomic E-state index is 12.5. The molecule has 3 rings (SSSR count). The van der Waals surface area contributed by atoms with E-state index in [0.717, 1.165) is 0 Å². The first kappa shape index (κ1) is 14.8. The van der Waals surface area contributed by atoms with E-state index in [0.29, 0.717) is 28.5 Å². The Labute approximate surface area is 134 Å². The van der Waals surface area contributed by atoms with Gasteiger partial charge in [0.25, 0.3) is 0 Å². The molecule has 23 heavy (non-hydrogen) atoms. The zero-order chi connectivity index (χ0) is 16.1. The lowest BCUT2D eigenvalue weighted by Gasteiger charge is -2.10. The van der Waals surface area contributed by atoms with Crippen LogP contribution in [0.3, 0.4) is 0 Å².